The highest BCUT2D eigenvalue weighted by atomic mass is 28.4. The normalized spacial score (nSPS) is 16.3. The smallest absolute Gasteiger partial charge is 0.410 e. The number of rotatable bonds is 11. The fourth-order valence-electron chi connectivity index (χ4n) is 4.89. The van der Waals surface area contributed by atoms with E-state index in [2.05, 4.69) is 75.2 Å². The van der Waals surface area contributed by atoms with Crippen LogP contribution in [0.15, 0.2) is 66.7 Å². The Morgan fingerprint density at radius 3 is 2.14 bits per heavy atom. The quantitative estimate of drug-likeness (QED) is 0.146. The van der Waals surface area contributed by atoms with Gasteiger partial charge in [-0.2, -0.15) is 0 Å². The van der Waals surface area contributed by atoms with E-state index in [1.54, 1.807) is 18.0 Å². The summed E-state index contributed by atoms with van der Waals surface area (Å²) in [6.45, 7) is 20.4. The van der Waals surface area contributed by atoms with Crippen LogP contribution in [0, 0.1) is 5.92 Å². The summed E-state index contributed by atoms with van der Waals surface area (Å²) in [4.78, 5) is 29.7. The number of ketones is 1. The Kier molecular flexibility index (Phi) is 12.0. The van der Waals surface area contributed by atoms with Gasteiger partial charge in [-0.05, 0) is 94.4 Å². The van der Waals surface area contributed by atoms with E-state index in [9.17, 15) is 9.59 Å². The van der Waals surface area contributed by atoms with Crippen molar-refractivity contribution in [1.82, 2.24) is 9.80 Å². The van der Waals surface area contributed by atoms with Crippen LogP contribution in [0.1, 0.15) is 88.4 Å². The number of piperidine rings is 1. The van der Waals surface area contributed by atoms with Crippen LogP contribution in [0.4, 0.5) is 4.79 Å². The number of hydrogen-bond acceptors (Lipinski definition) is 5. The minimum atomic E-state index is -2.10. The van der Waals surface area contributed by atoms with E-state index < -0.39 is 13.9 Å². The largest absolute Gasteiger partial charge is 0.444 e. The summed E-state index contributed by atoms with van der Waals surface area (Å²) in [5.41, 5.74) is 2.51. The average Bonchev–Trinajstić information content (AvgIpc) is 2.93. The monoisotopic (exact) mass is 606 g/mol. The molecular formula is C36H54N2O4Si. The number of ether oxygens (including phenoxy) is 1. The highest BCUT2D eigenvalue weighted by Crippen LogP contribution is 2.40. The predicted octanol–water partition coefficient (Wildman–Crippen LogP) is 8.66. The molecule has 1 aliphatic rings. The van der Waals surface area contributed by atoms with Crippen LogP contribution in [-0.4, -0.2) is 62.3 Å². The lowest BCUT2D eigenvalue weighted by Gasteiger charge is -2.40. The van der Waals surface area contributed by atoms with E-state index in [0.717, 1.165) is 38.0 Å². The van der Waals surface area contributed by atoms with Gasteiger partial charge >= 0.3 is 6.09 Å². The third-order valence-electron chi connectivity index (χ3n) is 8.64. The lowest BCUT2D eigenvalue weighted by atomic mass is 9.95. The second kappa shape index (κ2) is 14.8. The van der Waals surface area contributed by atoms with Gasteiger partial charge in [-0.1, -0.05) is 81.4 Å². The molecule has 2 aromatic rings. The van der Waals surface area contributed by atoms with Crippen molar-refractivity contribution in [1.29, 1.82) is 0 Å². The van der Waals surface area contributed by atoms with E-state index in [1.807, 2.05) is 45.0 Å². The van der Waals surface area contributed by atoms with Gasteiger partial charge in [-0.3, -0.25) is 9.69 Å². The molecule has 7 heteroatoms. The molecule has 1 unspecified atom stereocenters. The zero-order chi connectivity index (χ0) is 31.8. The molecule has 43 heavy (non-hydrogen) atoms. The highest BCUT2D eigenvalue weighted by Gasteiger charge is 2.39. The zero-order valence-corrected chi connectivity index (χ0v) is 29.0. The van der Waals surface area contributed by atoms with Gasteiger partial charge in [0.15, 0.2) is 14.1 Å². The first-order chi connectivity index (χ1) is 20.0. The van der Waals surface area contributed by atoms with Crippen molar-refractivity contribution in [2.24, 2.45) is 5.92 Å². The predicted molar refractivity (Wildman–Crippen MR) is 179 cm³/mol. The van der Waals surface area contributed by atoms with Gasteiger partial charge < -0.3 is 14.1 Å². The van der Waals surface area contributed by atoms with Gasteiger partial charge in [0.05, 0.1) is 6.10 Å². The molecule has 1 fully saturated rings. The molecule has 0 radical (unpaired) electrons. The van der Waals surface area contributed by atoms with Crippen LogP contribution in [0.3, 0.4) is 0 Å². The molecule has 1 aliphatic heterocycles. The standard InChI is InChI=1S/C36H54N2O4Si/c1-35(2,3)41-34(40)37(7)24-23-33(42-43(8,9)36(4,5)6)31-18-16-30(17-19-31)32(39)20-15-28-21-25-38(26-22-28)27-29-13-11-10-12-14-29/h10-20,28,33H,21-27H2,1-9H3. The summed E-state index contributed by atoms with van der Waals surface area (Å²) >= 11 is 0. The molecule has 0 spiro atoms. The summed E-state index contributed by atoms with van der Waals surface area (Å²) < 4.78 is 12.4. The lowest BCUT2D eigenvalue weighted by molar-refractivity contribution is 0.0275. The number of carbonyl (C=O) groups is 2. The summed E-state index contributed by atoms with van der Waals surface area (Å²) in [6.07, 6.45) is 6.11. The van der Waals surface area contributed by atoms with Crippen molar-refractivity contribution in [2.75, 3.05) is 26.7 Å². The van der Waals surface area contributed by atoms with Crippen molar-refractivity contribution >= 4 is 20.2 Å². The Morgan fingerprint density at radius 1 is 0.977 bits per heavy atom. The second-order valence-electron chi connectivity index (χ2n) is 14.5. The Balaban J connectivity index is 1.62. The number of likely N-dealkylation sites (tertiary alicyclic amines) is 1. The maximum atomic E-state index is 13.1. The summed E-state index contributed by atoms with van der Waals surface area (Å²) in [5, 5.41) is 0.0424. The van der Waals surface area contributed by atoms with Gasteiger partial charge in [0, 0.05) is 25.7 Å². The van der Waals surface area contributed by atoms with E-state index >= 15 is 0 Å². The minimum absolute atomic E-state index is 0.0322. The molecule has 236 valence electrons. The SMILES string of the molecule is CN(CCC(O[Si](C)(C)C(C)(C)C)c1ccc(C(=O)C=CC2CCN(Cc3ccccc3)CC2)cc1)C(=O)OC(C)(C)C. The number of benzene rings is 2. The minimum Gasteiger partial charge on any atom is -0.444 e. The van der Waals surface area contributed by atoms with Crippen molar-refractivity contribution in [3.63, 3.8) is 0 Å². The third kappa shape index (κ3) is 11.0. The fourth-order valence-corrected chi connectivity index (χ4v) is 6.21. The van der Waals surface area contributed by atoms with Gasteiger partial charge in [-0.15, -0.1) is 0 Å². The maximum absolute atomic E-state index is 13.1. The molecule has 0 N–H and O–H groups in total. The average molecular weight is 607 g/mol. The van der Waals surface area contributed by atoms with E-state index in [4.69, 9.17) is 9.16 Å². The van der Waals surface area contributed by atoms with Gasteiger partial charge in [0.1, 0.15) is 5.60 Å². The Bertz CT molecular complexity index is 1200. The molecule has 2 aromatic carbocycles. The molecule has 1 saturated heterocycles. The lowest BCUT2D eigenvalue weighted by Crippen LogP contribution is -2.42. The topological polar surface area (TPSA) is 59.1 Å². The Hall–Kier alpha value is -2.74. The molecule has 0 bridgehead atoms. The summed E-state index contributed by atoms with van der Waals surface area (Å²) in [5.74, 6) is 0.462. The number of nitrogens with zero attached hydrogens (tertiary/aromatic N) is 2. The second-order valence-corrected chi connectivity index (χ2v) is 19.3. The molecule has 1 atom stereocenters. The first-order valence-electron chi connectivity index (χ1n) is 15.7. The molecule has 0 aliphatic carbocycles. The first-order valence-corrected chi connectivity index (χ1v) is 18.7. The maximum Gasteiger partial charge on any atom is 0.410 e. The Labute approximate surface area is 261 Å². The summed E-state index contributed by atoms with van der Waals surface area (Å²) in [7, 11) is -0.336. The molecule has 6 nitrogen and oxygen atoms in total. The van der Waals surface area contributed by atoms with Crippen LogP contribution in [-0.2, 0) is 15.7 Å². The third-order valence-corrected chi connectivity index (χ3v) is 13.1. The number of hydrogen-bond donors (Lipinski definition) is 0. The molecular weight excluding hydrogens is 552 g/mol. The van der Waals surface area contributed by atoms with E-state index in [-0.39, 0.29) is 23.0 Å². The zero-order valence-electron chi connectivity index (χ0n) is 28.0. The van der Waals surface area contributed by atoms with Gasteiger partial charge in [-0.25, -0.2) is 4.79 Å². The van der Waals surface area contributed by atoms with Crippen LogP contribution < -0.4 is 0 Å². The van der Waals surface area contributed by atoms with Crippen molar-refractivity contribution < 1.29 is 18.8 Å². The number of carbonyl (C=O) groups excluding carboxylic acids is 2. The molecule has 0 saturated carbocycles. The van der Waals surface area contributed by atoms with Crippen LogP contribution in [0.25, 0.3) is 0 Å². The van der Waals surface area contributed by atoms with Crippen molar-refractivity contribution in [2.45, 2.75) is 97.2 Å². The van der Waals surface area contributed by atoms with Crippen LogP contribution in [0.5, 0.6) is 0 Å². The number of amides is 1. The molecule has 1 heterocycles. The van der Waals surface area contributed by atoms with Crippen molar-refractivity contribution in [3.8, 4) is 0 Å². The van der Waals surface area contributed by atoms with E-state index in [0.29, 0.717) is 24.4 Å². The Morgan fingerprint density at radius 2 is 1.58 bits per heavy atom. The van der Waals surface area contributed by atoms with Crippen LogP contribution >= 0.6 is 0 Å². The van der Waals surface area contributed by atoms with E-state index in [1.165, 1.54) is 5.56 Å². The van der Waals surface area contributed by atoms with Crippen LogP contribution in [0.2, 0.25) is 18.1 Å². The number of allylic oxidation sites excluding steroid dienone is 2. The van der Waals surface area contributed by atoms with Gasteiger partial charge in [0.25, 0.3) is 0 Å². The molecule has 3 rings (SSSR count). The summed E-state index contributed by atoms with van der Waals surface area (Å²) in [6, 6.07) is 18.4. The van der Waals surface area contributed by atoms with Crippen molar-refractivity contribution in [3.05, 3.63) is 83.4 Å². The first kappa shape index (κ1) is 34.7. The molecule has 0 aromatic heterocycles. The fraction of sp³-hybridized carbons (Fsp3) is 0.556. The highest BCUT2D eigenvalue weighted by molar-refractivity contribution is 6.74. The van der Waals surface area contributed by atoms with Gasteiger partial charge in [0.2, 0.25) is 0 Å². The molecule has 1 amide bonds.